The molecule has 0 atom stereocenters. The van der Waals surface area contributed by atoms with Crippen molar-refractivity contribution in [3.8, 4) is 40.4 Å². The van der Waals surface area contributed by atoms with Crippen LogP contribution in [0.15, 0.2) is 67.0 Å². The molecule has 0 aliphatic rings. The Kier molecular flexibility index (Phi) is 9.44. The van der Waals surface area contributed by atoms with Crippen molar-refractivity contribution >= 4 is 23.4 Å². The number of benzene rings is 2. The molecule has 3 aromatic heterocycles. The molecule has 0 bridgehead atoms. The van der Waals surface area contributed by atoms with E-state index in [2.05, 4.69) is 26.4 Å². The Morgan fingerprint density at radius 2 is 1.77 bits per heavy atom. The third-order valence-corrected chi connectivity index (χ3v) is 7.69. The lowest BCUT2D eigenvalue weighted by Gasteiger charge is -2.19. The minimum absolute atomic E-state index is 0.00577. The van der Waals surface area contributed by atoms with Crippen LogP contribution in [0.5, 0.6) is 0 Å². The number of terminal acetylenes is 1. The molecule has 0 saturated carbocycles. The number of pyridine rings is 1. The lowest BCUT2D eigenvalue weighted by molar-refractivity contribution is -0.137. The van der Waals surface area contributed by atoms with Gasteiger partial charge < -0.3 is 9.80 Å². The summed E-state index contributed by atoms with van der Waals surface area (Å²) in [5.41, 5.74) is 3.40. The van der Waals surface area contributed by atoms with Crippen LogP contribution in [0, 0.1) is 19.3 Å². The summed E-state index contributed by atoms with van der Waals surface area (Å²) in [6.07, 6.45) is 4.16. The molecule has 2 amide bonds. The topological polar surface area (TPSA) is 101 Å². The predicted octanol–water partition coefficient (Wildman–Crippen LogP) is 5.30. The Balaban J connectivity index is 1.54. The number of rotatable bonds is 10. The highest BCUT2D eigenvalue weighted by Gasteiger charge is 2.31. The first-order valence-electron chi connectivity index (χ1n) is 14.7. The second-order valence-corrected chi connectivity index (χ2v) is 11.3. The van der Waals surface area contributed by atoms with Crippen molar-refractivity contribution in [3.05, 3.63) is 83.7 Å². The number of amides is 2. The summed E-state index contributed by atoms with van der Waals surface area (Å²) < 4.78 is 44.4. The number of halogens is 3. The SMILES string of the molecule is C#Cc1ccc(-n2nccc2-c2cn3nc(NC(=O)CCC(=O)N(C)CCN(C)C)nc3c(-c3cccc(C(F)(F)F)c3)c2C)cc1. The molecule has 3 heterocycles. The van der Waals surface area contributed by atoms with Crippen molar-refractivity contribution in [1.29, 1.82) is 0 Å². The summed E-state index contributed by atoms with van der Waals surface area (Å²) in [5.74, 6) is 1.88. The molecule has 47 heavy (non-hydrogen) atoms. The first-order chi connectivity index (χ1) is 22.3. The number of likely N-dealkylation sites (N-methyl/N-ethyl adjacent to an activating group) is 2. The quantitative estimate of drug-likeness (QED) is 0.208. The number of aromatic nitrogens is 5. The average molecular weight is 643 g/mol. The number of hydrogen-bond donors (Lipinski definition) is 1. The van der Waals surface area contributed by atoms with E-state index in [1.165, 1.54) is 10.6 Å². The Labute approximate surface area is 269 Å². The summed E-state index contributed by atoms with van der Waals surface area (Å²) in [7, 11) is 5.50. The highest BCUT2D eigenvalue weighted by molar-refractivity contribution is 5.93. The van der Waals surface area contributed by atoms with Gasteiger partial charge >= 0.3 is 6.18 Å². The average Bonchev–Trinajstić information content (AvgIpc) is 3.68. The third kappa shape index (κ3) is 7.34. The van der Waals surface area contributed by atoms with E-state index in [-0.39, 0.29) is 35.9 Å². The fraction of sp³-hybridized carbons (Fsp3) is 0.265. The van der Waals surface area contributed by atoms with Crippen molar-refractivity contribution in [3.63, 3.8) is 0 Å². The maximum Gasteiger partial charge on any atom is 0.416 e. The molecule has 13 heteroatoms. The van der Waals surface area contributed by atoms with Crippen molar-refractivity contribution in [1.82, 2.24) is 34.2 Å². The molecule has 242 valence electrons. The van der Waals surface area contributed by atoms with E-state index in [1.54, 1.807) is 60.2 Å². The van der Waals surface area contributed by atoms with E-state index in [4.69, 9.17) is 6.42 Å². The number of carbonyl (C=O) groups is 2. The van der Waals surface area contributed by atoms with Crippen LogP contribution in [-0.4, -0.2) is 80.2 Å². The molecule has 2 aromatic carbocycles. The monoisotopic (exact) mass is 642 g/mol. The normalized spacial score (nSPS) is 11.6. The van der Waals surface area contributed by atoms with Gasteiger partial charge in [0.2, 0.25) is 17.8 Å². The second kappa shape index (κ2) is 13.5. The van der Waals surface area contributed by atoms with Gasteiger partial charge in [0, 0.05) is 55.9 Å². The van der Waals surface area contributed by atoms with Crippen LogP contribution < -0.4 is 5.32 Å². The maximum absolute atomic E-state index is 13.8. The van der Waals surface area contributed by atoms with E-state index < -0.39 is 17.6 Å². The van der Waals surface area contributed by atoms with Gasteiger partial charge in [0.05, 0.1) is 23.1 Å². The summed E-state index contributed by atoms with van der Waals surface area (Å²) in [4.78, 5) is 33.4. The number of alkyl halides is 3. The van der Waals surface area contributed by atoms with E-state index in [0.717, 1.165) is 17.8 Å². The molecular weight excluding hydrogens is 609 g/mol. The zero-order valence-corrected chi connectivity index (χ0v) is 26.3. The third-order valence-electron chi connectivity index (χ3n) is 7.69. The van der Waals surface area contributed by atoms with Gasteiger partial charge in [-0.15, -0.1) is 11.5 Å². The molecule has 5 aromatic rings. The van der Waals surface area contributed by atoms with Gasteiger partial charge in [0.25, 0.3) is 0 Å². The molecule has 0 unspecified atom stereocenters. The van der Waals surface area contributed by atoms with E-state index >= 15 is 0 Å². The summed E-state index contributed by atoms with van der Waals surface area (Å²) in [6.45, 7) is 3.00. The number of fused-ring (bicyclic) bond motifs is 1. The van der Waals surface area contributed by atoms with Gasteiger partial charge in [-0.2, -0.15) is 23.3 Å². The summed E-state index contributed by atoms with van der Waals surface area (Å²) in [6, 6.07) is 14.0. The first kappa shape index (κ1) is 32.9. The number of nitrogens with one attached hydrogen (secondary N) is 1. The van der Waals surface area contributed by atoms with Crippen molar-refractivity contribution in [2.45, 2.75) is 25.9 Å². The van der Waals surface area contributed by atoms with Crippen LogP contribution in [0.2, 0.25) is 0 Å². The van der Waals surface area contributed by atoms with Gasteiger partial charge in [-0.25, -0.2) is 9.20 Å². The Morgan fingerprint density at radius 1 is 1.02 bits per heavy atom. The smallest absolute Gasteiger partial charge is 0.344 e. The number of hydrogen-bond acceptors (Lipinski definition) is 6. The van der Waals surface area contributed by atoms with Crippen LogP contribution >= 0.6 is 0 Å². The Bertz CT molecular complexity index is 1970. The fourth-order valence-electron chi connectivity index (χ4n) is 5.10. The van der Waals surface area contributed by atoms with E-state index in [9.17, 15) is 22.8 Å². The number of anilines is 1. The standard InChI is InChI=1S/C34H33F3N8O2/c1-6-23-10-12-26(13-11-23)45-28(16-17-38-45)27-21-44-32(31(22(27)2)24-8-7-9-25(20-24)34(35,36)37)40-33(41-44)39-29(46)14-15-30(47)43(5)19-18-42(3)4/h1,7-13,16-17,20-21H,14-15,18-19H2,2-5H3,(H,39,41,46). The van der Waals surface area contributed by atoms with E-state index in [1.807, 2.05) is 31.1 Å². The number of nitrogens with zero attached hydrogens (tertiary/aromatic N) is 7. The lowest BCUT2D eigenvalue weighted by Crippen LogP contribution is -2.33. The van der Waals surface area contributed by atoms with Gasteiger partial charge in [-0.3, -0.25) is 14.9 Å². The van der Waals surface area contributed by atoms with Gasteiger partial charge in [0.15, 0.2) is 5.65 Å². The molecule has 10 nitrogen and oxygen atoms in total. The Morgan fingerprint density at radius 3 is 2.45 bits per heavy atom. The molecular formula is C34H33F3N8O2. The summed E-state index contributed by atoms with van der Waals surface area (Å²) in [5, 5.41) is 11.6. The zero-order chi connectivity index (χ0) is 33.9. The van der Waals surface area contributed by atoms with Crippen LogP contribution in [0.25, 0.3) is 33.7 Å². The minimum atomic E-state index is -4.56. The van der Waals surface area contributed by atoms with Gasteiger partial charge in [-0.1, -0.05) is 18.1 Å². The van der Waals surface area contributed by atoms with Crippen LogP contribution in [0.4, 0.5) is 19.1 Å². The fourth-order valence-corrected chi connectivity index (χ4v) is 5.10. The zero-order valence-electron chi connectivity index (χ0n) is 26.3. The lowest BCUT2D eigenvalue weighted by atomic mass is 9.95. The Hall–Kier alpha value is -5.48. The van der Waals surface area contributed by atoms with Crippen LogP contribution in [0.1, 0.15) is 29.5 Å². The van der Waals surface area contributed by atoms with Gasteiger partial charge in [-0.05, 0) is 74.6 Å². The second-order valence-electron chi connectivity index (χ2n) is 11.3. The molecule has 0 aliphatic heterocycles. The van der Waals surface area contributed by atoms with Crippen molar-refractivity contribution in [2.75, 3.05) is 39.5 Å². The van der Waals surface area contributed by atoms with Crippen molar-refractivity contribution < 1.29 is 22.8 Å². The molecule has 0 radical (unpaired) electrons. The molecule has 0 aliphatic carbocycles. The highest BCUT2D eigenvalue weighted by Crippen LogP contribution is 2.38. The highest BCUT2D eigenvalue weighted by atomic mass is 19.4. The summed E-state index contributed by atoms with van der Waals surface area (Å²) >= 11 is 0. The predicted molar refractivity (Wildman–Crippen MR) is 173 cm³/mol. The largest absolute Gasteiger partial charge is 0.416 e. The van der Waals surface area contributed by atoms with E-state index in [0.29, 0.717) is 41.0 Å². The number of carbonyl (C=O) groups excluding carboxylic acids is 2. The minimum Gasteiger partial charge on any atom is -0.344 e. The molecule has 0 spiro atoms. The molecule has 1 N–H and O–H groups in total. The van der Waals surface area contributed by atoms with Crippen molar-refractivity contribution in [2.24, 2.45) is 0 Å². The van der Waals surface area contributed by atoms with Gasteiger partial charge in [0.1, 0.15) is 0 Å². The first-order valence-corrected chi connectivity index (χ1v) is 14.7. The van der Waals surface area contributed by atoms with Crippen LogP contribution in [0.3, 0.4) is 0 Å². The molecule has 0 fully saturated rings. The molecule has 0 saturated heterocycles. The maximum atomic E-state index is 13.8. The van der Waals surface area contributed by atoms with Crippen LogP contribution in [-0.2, 0) is 15.8 Å². The molecule has 5 rings (SSSR count).